The van der Waals surface area contributed by atoms with E-state index in [4.69, 9.17) is 4.74 Å². The number of nitriles is 1. The van der Waals surface area contributed by atoms with Crippen LogP contribution >= 0.6 is 0 Å². The predicted octanol–water partition coefficient (Wildman–Crippen LogP) is 3.21. The number of rotatable bonds is 7. The average Bonchev–Trinajstić information content (AvgIpc) is 2.42. The Morgan fingerprint density at radius 3 is 2.50 bits per heavy atom. The first-order chi connectivity index (χ1) is 9.58. The summed E-state index contributed by atoms with van der Waals surface area (Å²) in [5, 5.41) is 9.44. The highest BCUT2D eigenvalue weighted by molar-refractivity contribution is 5.62. The number of aryl methyl sites for hydroxylation is 2. The molecule has 110 valence electrons. The summed E-state index contributed by atoms with van der Waals surface area (Å²) in [6, 6.07) is 4.73. The van der Waals surface area contributed by atoms with Crippen LogP contribution in [0.3, 0.4) is 0 Å². The Morgan fingerprint density at radius 2 is 2.00 bits per heavy atom. The largest absolute Gasteiger partial charge is 0.383 e. The number of aromatic nitrogens is 1. The van der Waals surface area contributed by atoms with Gasteiger partial charge in [-0.1, -0.05) is 13.8 Å². The molecule has 4 heteroatoms. The standard InChI is InChI=1S/C16H25N3O/c1-6-14(7-2)19(8-9-20-5)16-10-12(3)18-13(4)15(16)11-17/h10,14H,6-9H2,1-5H3. The molecule has 4 nitrogen and oxygen atoms in total. The van der Waals surface area contributed by atoms with E-state index in [2.05, 4.69) is 29.8 Å². The summed E-state index contributed by atoms with van der Waals surface area (Å²) in [5.41, 5.74) is 3.42. The van der Waals surface area contributed by atoms with Crippen molar-refractivity contribution < 1.29 is 4.74 Å². The number of methoxy groups -OCH3 is 1. The topological polar surface area (TPSA) is 49.1 Å². The second kappa shape index (κ2) is 7.86. The molecule has 0 unspecified atom stereocenters. The summed E-state index contributed by atoms with van der Waals surface area (Å²) >= 11 is 0. The van der Waals surface area contributed by atoms with E-state index in [1.807, 2.05) is 19.9 Å². The lowest BCUT2D eigenvalue weighted by Crippen LogP contribution is -2.37. The molecule has 1 aromatic heterocycles. The Kier molecular flexibility index (Phi) is 6.47. The zero-order chi connectivity index (χ0) is 15.1. The minimum atomic E-state index is 0.415. The molecule has 0 aromatic carbocycles. The Hall–Kier alpha value is -1.60. The van der Waals surface area contributed by atoms with Crippen molar-refractivity contribution in [1.29, 1.82) is 5.26 Å². The van der Waals surface area contributed by atoms with Crippen LogP contribution in [0.4, 0.5) is 5.69 Å². The van der Waals surface area contributed by atoms with Gasteiger partial charge >= 0.3 is 0 Å². The van der Waals surface area contributed by atoms with E-state index >= 15 is 0 Å². The van der Waals surface area contributed by atoms with Crippen LogP contribution in [-0.2, 0) is 4.74 Å². The molecule has 0 saturated carbocycles. The minimum absolute atomic E-state index is 0.415. The van der Waals surface area contributed by atoms with E-state index < -0.39 is 0 Å². The average molecular weight is 275 g/mol. The summed E-state index contributed by atoms with van der Waals surface area (Å²) in [6.45, 7) is 9.68. The van der Waals surface area contributed by atoms with E-state index in [9.17, 15) is 5.26 Å². The van der Waals surface area contributed by atoms with Gasteiger partial charge in [0.15, 0.2) is 0 Å². The van der Waals surface area contributed by atoms with Crippen molar-refractivity contribution in [3.8, 4) is 6.07 Å². The molecule has 0 fully saturated rings. The van der Waals surface area contributed by atoms with Crippen molar-refractivity contribution >= 4 is 5.69 Å². The number of hydrogen-bond donors (Lipinski definition) is 0. The first-order valence-corrected chi connectivity index (χ1v) is 7.22. The van der Waals surface area contributed by atoms with Crippen molar-refractivity contribution in [2.45, 2.75) is 46.6 Å². The number of nitrogens with zero attached hydrogens (tertiary/aromatic N) is 3. The van der Waals surface area contributed by atoms with Crippen LogP contribution in [0, 0.1) is 25.2 Å². The number of anilines is 1. The van der Waals surface area contributed by atoms with Crippen molar-refractivity contribution in [2.24, 2.45) is 0 Å². The van der Waals surface area contributed by atoms with Gasteiger partial charge in [0.25, 0.3) is 0 Å². The van der Waals surface area contributed by atoms with Crippen molar-refractivity contribution in [3.05, 3.63) is 23.0 Å². The highest BCUT2D eigenvalue weighted by atomic mass is 16.5. The molecule has 1 aromatic rings. The minimum Gasteiger partial charge on any atom is -0.383 e. The smallest absolute Gasteiger partial charge is 0.103 e. The molecule has 0 spiro atoms. The highest BCUT2D eigenvalue weighted by Gasteiger charge is 2.20. The SMILES string of the molecule is CCC(CC)N(CCOC)c1cc(C)nc(C)c1C#N. The first kappa shape index (κ1) is 16.5. The summed E-state index contributed by atoms with van der Waals surface area (Å²) in [5.74, 6) is 0. The highest BCUT2D eigenvalue weighted by Crippen LogP contribution is 2.27. The van der Waals surface area contributed by atoms with Gasteiger partial charge in [-0.25, -0.2) is 0 Å². The van der Waals surface area contributed by atoms with E-state index in [1.54, 1.807) is 7.11 Å². The lowest BCUT2D eigenvalue weighted by Gasteiger charge is -2.33. The normalized spacial score (nSPS) is 10.7. The van der Waals surface area contributed by atoms with Gasteiger partial charge in [0.05, 0.1) is 23.6 Å². The maximum absolute atomic E-state index is 9.44. The molecule has 0 aliphatic carbocycles. The Labute approximate surface area is 122 Å². The second-order valence-corrected chi connectivity index (χ2v) is 5.01. The van der Waals surface area contributed by atoms with Crippen LogP contribution in [-0.4, -0.2) is 31.3 Å². The van der Waals surface area contributed by atoms with E-state index in [-0.39, 0.29) is 0 Å². The molecule has 0 radical (unpaired) electrons. The third-order valence-electron chi connectivity index (χ3n) is 3.65. The number of ether oxygens (including phenoxy) is 1. The fourth-order valence-electron chi connectivity index (χ4n) is 2.59. The Bertz CT molecular complexity index is 475. The van der Waals surface area contributed by atoms with Gasteiger partial charge in [-0.15, -0.1) is 0 Å². The van der Waals surface area contributed by atoms with Crippen molar-refractivity contribution in [2.75, 3.05) is 25.2 Å². The summed E-state index contributed by atoms with van der Waals surface area (Å²) in [7, 11) is 1.71. The van der Waals surface area contributed by atoms with Crippen LogP contribution in [0.5, 0.6) is 0 Å². The molecule has 0 aliphatic rings. The predicted molar refractivity (Wildman–Crippen MR) is 82.0 cm³/mol. The molecule has 0 bridgehead atoms. The molecular weight excluding hydrogens is 250 g/mol. The lowest BCUT2D eigenvalue weighted by atomic mass is 10.1. The zero-order valence-corrected chi connectivity index (χ0v) is 13.2. The monoisotopic (exact) mass is 275 g/mol. The molecule has 20 heavy (non-hydrogen) atoms. The molecule has 1 heterocycles. The summed E-state index contributed by atoms with van der Waals surface area (Å²) in [6.07, 6.45) is 2.09. The van der Waals surface area contributed by atoms with Gasteiger partial charge in [-0.05, 0) is 32.8 Å². The summed E-state index contributed by atoms with van der Waals surface area (Å²) < 4.78 is 5.23. The van der Waals surface area contributed by atoms with Gasteiger partial charge < -0.3 is 9.64 Å². The van der Waals surface area contributed by atoms with E-state index in [0.29, 0.717) is 18.2 Å². The van der Waals surface area contributed by atoms with Crippen LogP contribution in [0.2, 0.25) is 0 Å². The lowest BCUT2D eigenvalue weighted by molar-refractivity contribution is 0.202. The van der Waals surface area contributed by atoms with Crippen LogP contribution < -0.4 is 4.90 Å². The van der Waals surface area contributed by atoms with E-state index in [0.717, 1.165) is 36.5 Å². The third kappa shape index (κ3) is 3.71. The molecular formula is C16H25N3O. The second-order valence-electron chi connectivity index (χ2n) is 5.01. The van der Waals surface area contributed by atoms with Gasteiger partial charge in [-0.2, -0.15) is 5.26 Å². The van der Waals surface area contributed by atoms with Crippen LogP contribution in [0.25, 0.3) is 0 Å². The fourth-order valence-corrected chi connectivity index (χ4v) is 2.59. The van der Waals surface area contributed by atoms with E-state index in [1.165, 1.54) is 0 Å². The van der Waals surface area contributed by atoms with Crippen molar-refractivity contribution in [3.63, 3.8) is 0 Å². The maximum atomic E-state index is 9.44. The molecule has 0 amide bonds. The van der Waals surface area contributed by atoms with Gasteiger partial charge in [-0.3, -0.25) is 4.98 Å². The fraction of sp³-hybridized carbons (Fsp3) is 0.625. The third-order valence-corrected chi connectivity index (χ3v) is 3.65. The molecule has 0 N–H and O–H groups in total. The summed E-state index contributed by atoms with van der Waals surface area (Å²) in [4.78, 5) is 6.69. The number of hydrogen-bond acceptors (Lipinski definition) is 4. The van der Waals surface area contributed by atoms with Crippen LogP contribution in [0.15, 0.2) is 6.07 Å². The molecule has 0 saturated heterocycles. The number of pyridine rings is 1. The Balaban J connectivity index is 3.28. The maximum Gasteiger partial charge on any atom is 0.103 e. The van der Waals surface area contributed by atoms with Crippen molar-refractivity contribution in [1.82, 2.24) is 4.98 Å². The van der Waals surface area contributed by atoms with Crippen LogP contribution in [0.1, 0.15) is 43.6 Å². The van der Waals surface area contributed by atoms with Gasteiger partial charge in [0.2, 0.25) is 0 Å². The zero-order valence-electron chi connectivity index (χ0n) is 13.2. The first-order valence-electron chi connectivity index (χ1n) is 7.22. The van der Waals surface area contributed by atoms with Gasteiger partial charge in [0.1, 0.15) is 6.07 Å². The molecule has 1 rings (SSSR count). The molecule has 0 aliphatic heterocycles. The van der Waals surface area contributed by atoms with Gasteiger partial charge in [0, 0.05) is 25.4 Å². The Morgan fingerprint density at radius 1 is 1.35 bits per heavy atom. The quantitative estimate of drug-likeness (QED) is 0.766. The molecule has 0 atom stereocenters.